The zero-order valence-electron chi connectivity index (χ0n) is 8.20. The minimum Gasteiger partial charge on any atom is -0.508 e. The number of rotatable bonds is 3. The lowest BCUT2D eigenvalue weighted by atomic mass is 9.94. The molecule has 4 N–H and O–H groups in total. The monoisotopic (exact) mass is 321 g/mol. The number of hydrogen-bond acceptors (Lipinski definition) is 3. The van der Waals surface area contributed by atoms with Gasteiger partial charge in [0, 0.05) is 9.99 Å². The number of aliphatic carboxylic acids is 1. The van der Waals surface area contributed by atoms with Crippen molar-refractivity contribution in [3.05, 3.63) is 27.3 Å². The molecule has 1 rings (SSSR count). The van der Waals surface area contributed by atoms with E-state index < -0.39 is 11.5 Å². The Morgan fingerprint density at radius 2 is 2.20 bits per heavy atom. The van der Waals surface area contributed by atoms with Gasteiger partial charge in [-0.15, -0.1) is 0 Å². The molecule has 15 heavy (non-hydrogen) atoms. The van der Waals surface area contributed by atoms with Crippen LogP contribution in [0.25, 0.3) is 0 Å². The molecule has 0 aliphatic rings. The fourth-order valence-electron chi connectivity index (χ4n) is 1.15. The number of phenols is 1. The van der Waals surface area contributed by atoms with Crippen LogP contribution >= 0.6 is 22.6 Å². The summed E-state index contributed by atoms with van der Waals surface area (Å²) in [5.41, 5.74) is 5.17. The second kappa shape index (κ2) is 4.36. The van der Waals surface area contributed by atoms with Gasteiger partial charge in [0.1, 0.15) is 11.3 Å². The number of carbonyl (C=O) groups is 1. The van der Waals surface area contributed by atoms with Crippen molar-refractivity contribution in [1.82, 2.24) is 0 Å². The Morgan fingerprint density at radius 1 is 1.60 bits per heavy atom. The van der Waals surface area contributed by atoms with Gasteiger partial charge in [0.15, 0.2) is 0 Å². The van der Waals surface area contributed by atoms with Crippen molar-refractivity contribution in [1.29, 1.82) is 0 Å². The number of carboxylic acid groups (broad SMARTS) is 1. The Bertz CT molecular complexity index is 390. The summed E-state index contributed by atoms with van der Waals surface area (Å²) < 4.78 is 0.811. The van der Waals surface area contributed by atoms with Crippen LogP contribution < -0.4 is 5.73 Å². The minimum atomic E-state index is -1.28. The summed E-state index contributed by atoms with van der Waals surface area (Å²) >= 11 is 2.04. The molecule has 1 atom stereocenters. The van der Waals surface area contributed by atoms with Crippen LogP contribution in [0, 0.1) is 3.57 Å². The van der Waals surface area contributed by atoms with E-state index in [9.17, 15) is 9.90 Å². The number of carboxylic acids is 1. The highest BCUT2D eigenvalue weighted by molar-refractivity contribution is 14.1. The van der Waals surface area contributed by atoms with Gasteiger partial charge in [0.05, 0.1) is 0 Å². The van der Waals surface area contributed by atoms with Gasteiger partial charge >= 0.3 is 5.97 Å². The maximum absolute atomic E-state index is 10.8. The van der Waals surface area contributed by atoms with Crippen LogP contribution in [0.15, 0.2) is 18.2 Å². The largest absolute Gasteiger partial charge is 0.508 e. The molecule has 82 valence electrons. The smallest absolute Gasteiger partial charge is 0.323 e. The van der Waals surface area contributed by atoms with Crippen LogP contribution in [0.2, 0.25) is 0 Å². The molecule has 0 bridgehead atoms. The standard InChI is InChI=1S/C10H12INO3/c1-10(12,9(14)15)5-6-2-3-7(13)4-8(6)11/h2-4,13H,5,12H2,1H3,(H,14,15)/t10-/m0/s1. The van der Waals surface area contributed by atoms with Crippen molar-refractivity contribution < 1.29 is 15.0 Å². The van der Waals surface area contributed by atoms with Crippen molar-refractivity contribution in [2.24, 2.45) is 5.73 Å². The van der Waals surface area contributed by atoms with Gasteiger partial charge in [-0.25, -0.2) is 0 Å². The second-order valence-electron chi connectivity index (χ2n) is 3.68. The van der Waals surface area contributed by atoms with E-state index in [4.69, 9.17) is 10.8 Å². The zero-order valence-corrected chi connectivity index (χ0v) is 10.4. The van der Waals surface area contributed by atoms with E-state index in [0.29, 0.717) is 0 Å². The molecule has 1 aromatic rings. The number of benzene rings is 1. The van der Waals surface area contributed by atoms with Crippen LogP contribution in [0.5, 0.6) is 5.75 Å². The third-order valence-electron chi connectivity index (χ3n) is 2.08. The molecule has 5 heteroatoms. The highest BCUT2D eigenvalue weighted by Crippen LogP contribution is 2.21. The van der Waals surface area contributed by atoms with E-state index in [-0.39, 0.29) is 12.2 Å². The number of aromatic hydroxyl groups is 1. The maximum Gasteiger partial charge on any atom is 0.323 e. The summed E-state index contributed by atoms with van der Waals surface area (Å²) in [5, 5.41) is 18.1. The first-order valence-corrected chi connectivity index (χ1v) is 5.40. The third kappa shape index (κ3) is 3.07. The average molecular weight is 321 g/mol. The first kappa shape index (κ1) is 12.3. The van der Waals surface area contributed by atoms with Gasteiger partial charge in [0.25, 0.3) is 0 Å². The zero-order chi connectivity index (χ0) is 11.6. The molecule has 0 aromatic heterocycles. The minimum absolute atomic E-state index is 0.164. The molecule has 0 unspecified atom stereocenters. The van der Waals surface area contributed by atoms with E-state index in [1.165, 1.54) is 13.0 Å². The van der Waals surface area contributed by atoms with Crippen LogP contribution in [-0.4, -0.2) is 21.7 Å². The molecular formula is C10H12INO3. The highest BCUT2D eigenvalue weighted by atomic mass is 127. The van der Waals surface area contributed by atoms with Crippen LogP contribution in [0.4, 0.5) is 0 Å². The van der Waals surface area contributed by atoms with E-state index >= 15 is 0 Å². The maximum atomic E-state index is 10.8. The van der Waals surface area contributed by atoms with Crippen molar-refractivity contribution >= 4 is 28.6 Å². The lowest BCUT2D eigenvalue weighted by Gasteiger charge is -2.19. The Labute approximate surface area is 101 Å². The fourth-order valence-corrected chi connectivity index (χ4v) is 1.84. The van der Waals surface area contributed by atoms with E-state index in [0.717, 1.165) is 9.13 Å². The molecule has 0 aliphatic heterocycles. The second-order valence-corrected chi connectivity index (χ2v) is 4.84. The summed E-state index contributed by atoms with van der Waals surface area (Å²) in [5.74, 6) is -0.872. The molecular weight excluding hydrogens is 309 g/mol. The summed E-state index contributed by atoms with van der Waals surface area (Å²) in [4.78, 5) is 10.8. The van der Waals surface area contributed by atoms with Crippen LogP contribution in [0.3, 0.4) is 0 Å². The predicted molar refractivity (Wildman–Crippen MR) is 64.8 cm³/mol. The molecule has 4 nitrogen and oxygen atoms in total. The Balaban J connectivity index is 2.95. The van der Waals surface area contributed by atoms with Gasteiger partial charge in [-0.3, -0.25) is 4.79 Å². The highest BCUT2D eigenvalue weighted by Gasteiger charge is 2.28. The van der Waals surface area contributed by atoms with Gasteiger partial charge in [-0.1, -0.05) is 6.07 Å². The Kier molecular flexibility index (Phi) is 3.56. The molecule has 0 aliphatic carbocycles. The Morgan fingerprint density at radius 3 is 2.67 bits per heavy atom. The number of nitrogens with two attached hydrogens (primary N) is 1. The first-order chi connectivity index (χ1) is 6.83. The van der Waals surface area contributed by atoms with Crippen molar-refractivity contribution in [2.75, 3.05) is 0 Å². The van der Waals surface area contributed by atoms with Crippen LogP contribution in [0.1, 0.15) is 12.5 Å². The topological polar surface area (TPSA) is 83.5 Å². The quantitative estimate of drug-likeness (QED) is 0.734. The van der Waals surface area contributed by atoms with E-state index in [2.05, 4.69) is 0 Å². The number of hydrogen-bond donors (Lipinski definition) is 3. The number of halogens is 1. The summed E-state index contributed by atoms with van der Waals surface area (Å²) in [6, 6.07) is 4.79. The molecule has 0 saturated carbocycles. The van der Waals surface area contributed by atoms with Gasteiger partial charge in [-0.2, -0.15) is 0 Å². The molecule has 0 amide bonds. The van der Waals surface area contributed by atoms with Gasteiger partial charge in [0.2, 0.25) is 0 Å². The first-order valence-electron chi connectivity index (χ1n) is 4.32. The third-order valence-corrected chi connectivity index (χ3v) is 3.09. The predicted octanol–water partition coefficient (Wildman–Crippen LogP) is 1.34. The van der Waals surface area contributed by atoms with Crippen molar-refractivity contribution in [3.63, 3.8) is 0 Å². The molecule has 0 fully saturated rings. The summed E-state index contributed by atoms with van der Waals surface area (Å²) in [7, 11) is 0. The molecule has 0 spiro atoms. The Hall–Kier alpha value is -0.820. The lowest BCUT2D eigenvalue weighted by molar-refractivity contribution is -0.142. The fraction of sp³-hybridized carbons (Fsp3) is 0.300. The lowest BCUT2D eigenvalue weighted by Crippen LogP contribution is -2.46. The molecule has 1 aromatic carbocycles. The molecule has 0 saturated heterocycles. The number of phenolic OH excluding ortho intramolecular Hbond substituents is 1. The van der Waals surface area contributed by atoms with Crippen LogP contribution in [-0.2, 0) is 11.2 Å². The summed E-state index contributed by atoms with van der Waals surface area (Å²) in [6.07, 6.45) is 0.237. The summed E-state index contributed by atoms with van der Waals surface area (Å²) in [6.45, 7) is 1.47. The van der Waals surface area contributed by atoms with E-state index in [1.807, 2.05) is 22.6 Å². The average Bonchev–Trinajstić information content (AvgIpc) is 2.09. The SMILES string of the molecule is C[C@](N)(Cc1ccc(O)cc1I)C(=O)O. The van der Waals surface area contributed by atoms with Crippen molar-refractivity contribution in [2.45, 2.75) is 18.9 Å². The van der Waals surface area contributed by atoms with E-state index in [1.54, 1.807) is 12.1 Å². The van der Waals surface area contributed by atoms with Gasteiger partial charge in [-0.05, 0) is 47.2 Å². The normalized spacial score (nSPS) is 14.6. The van der Waals surface area contributed by atoms with Crippen molar-refractivity contribution in [3.8, 4) is 5.75 Å². The molecule has 0 heterocycles. The molecule has 0 radical (unpaired) electrons. The van der Waals surface area contributed by atoms with Gasteiger partial charge < -0.3 is 15.9 Å².